The summed E-state index contributed by atoms with van der Waals surface area (Å²) in [5.41, 5.74) is 0.640. The normalized spacial score (nSPS) is 20.2. The Morgan fingerprint density at radius 3 is 2.67 bits per heavy atom. The summed E-state index contributed by atoms with van der Waals surface area (Å²) >= 11 is 0. The molecule has 3 heterocycles. The lowest BCUT2D eigenvalue weighted by Gasteiger charge is -2.34. The number of aliphatic hydroxyl groups is 1. The van der Waals surface area contributed by atoms with Crippen molar-refractivity contribution >= 4 is 17.8 Å². The first-order valence-electron chi connectivity index (χ1n) is 8.01. The van der Waals surface area contributed by atoms with Crippen molar-refractivity contribution in [2.24, 2.45) is 5.92 Å². The van der Waals surface area contributed by atoms with E-state index >= 15 is 0 Å². The summed E-state index contributed by atoms with van der Waals surface area (Å²) in [7, 11) is 0. The Hall–Kier alpha value is -2.48. The fourth-order valence-electron chi connectivity index (χ4n) is 3.11. The van der Waals surface area contributed by atoms with E-state index in [4.69, 9.17) is 0 Å². The third-order valence-corrected chi connectivity index (χ3v) is 4.56. The zero-order valence-corrected chi connectivity index (χ0v) is 13.2. The topological polar surface area (TPSA) is 103 Å². The van der Waals surface area contributed by atoms with Gasteiger partial charge in [-0.05, 0) is 30.9 Å². The van der Waals surface area contributed by atoms with Crippen LogP contribution in [0.1, 0.15) is 24.6 Å². The summed E-state index contributed by atoms with van der Waals surface area (Å²) in [6.07, 6.45) is 2.32. The molecule has 4 amide bonds. The minimum atomic E-state index is -0.644. The Labute approximate surface area is 139 Å². The molecule has 2 N–H and O–H groups in total. The smallest absolute Gasteiger partial charge is 0.325 e. The molecule has 2 aliphatic heterocycles. The molecule has 2 aliphatic rings. The molecule has 8 nitrogen and oxygen atoms in total. The highest BCUT2D eigenvalue weighted by Gasteiger charge is 2.33. The first-order chi connectivity index (χ1) is 11.6. The second-order valence-electron chi connectivity index (χ2n) is 6.06. The summed E-state index contributed by atoms with van der Waals surface area (Å²) in [4.78, 5) is 42.0. The fraction of sp³-hybridized carbons (Fsp3) is 0.500. The SMILES string of the molecule is O=C(CN1C(=O)CNC1=O)N1CCC([C@H](O)c2ccccn2)CC1. The number of likely N-dealkylation sites (tertiary alicyclic amines) is 1. The summed E-state index contributed by atoms with van der Waals surface area (Å²) < 4.78 is 0. The lowest BCUT2D eigenvalue weighted by molar-refractivity contribution is -0.138. The van der Waals surface area contributed by atoms with Crippen LogP contribution in [0.2, 0.25) is 0 Å². The number of nitrogens with zero attached hydrogens (tertiary/aromatic N) is 3. The second kappa shape index (κ2) is 6.96. The molecule has 0 bridgehead atoms. The van der Waals surface area contributed by atoms with E-state index in [0.717, 1.165) is 4.90 Å². The van der Waals surface area contributed by atoms with E-state index in [-0.39, 0.29) is 30.8 Å². The molecule has 1 atom stereocenters. The molecule has 24 heavy (non-hydrogen) atoms. The van der Waals surface area contributed by atoms with Crippen molar-refractivity contribution in [3.05, 3.63) is 30.1 Å². The number of hydrogen-bond acceptors (Lipinski definition) is 5. The maximum Gasteiger partial charge on any atom is 0.325 e. The van der Waals surface area contributed by atoms with Crippen LogP contribution < -0.4 is 5.32 Å². The monoisotopic (exact) mass is 332 g/mol. The third kappa shape index (κ3) is 3.38. The summed E-state index contributed by atoms with van der Waals surface area (Å²) in [6.45, 7) is 0.719. The number of piperidine rings is 1. The van der Waals surface area contributed by atoms with E-state index in [1.807, 2.05) is 6.07 Å². The van der Waals surface area contributed by atoms with Crippen LogP contribution in [0.15, 0.2) is 24.4 Å². The van der Waals surface area contributed by atoms with E-state index in [9.17, 15) is 19.5 Å². The zero-order chi connectivity index (χ0) is 17.1. The standard InChI is InChI=1S/C16H20N4O4/c21-13-9-18-16(24)20(13)10-14(22)19-7-4-11(5-8-19)15(23)12-3-1-2-6-17-12/h1-3,6,11,15,23H,4-5,7-10H2,(H,18,24)/t15-/m0/s1. The van der Waals surface area contributed by atoms with Gasteiger partial charge in [0.05, 0.1) is 18.3 Å². The van der Waals surface area contributed by atoms with Gasteiger partial charge in [-0.25, -0.2) is 4.79 Å². The molecule has 0 aromatic carbocycles. The van der Waals surface area contributed by atoms with Crippen LogP contribution in [0.25, 0.3) is 0 Å². The van der Waals surface area contributed by atoms with Crippen LogP contribution >= 0.6 is 0 Å². The van der Waals surface area contributed by atoms with Gasteiger partial charge in [-0.15, -0.1) is 0 Å². The number of carbonyl (C=O) groups is 3. The van der Waals surface area contributed by atoms with Crippen molar-refractivity contribution in [1.82, 2.24) is 20.1 Å². The minimum absolute atomic E-state index is 0.0423. The molecule has 2 saturated heterocycles. The minimum Gasteiger partial charge on any atom is -0.387 e. The van der Waals surface area contributed by atoms with Crippen LogP contribution in [0, 0.1) is 5.92 Å². The van der Waals surface area contributed by atoms with Gasteiger partial charge >= 0.3 is 6.03 Å². The number of rotatable bonds is 4. The lowest BCUT2D eigenvalue weighted by atomic mass is 9.89. The third-order valence-electron chi connectivity index (χ3n) is 4.56. The number of imide groups is 1. The molecule has 1 aromatic rings. The average molecular weight is 332 g/mol. The fourth-order valence-corrected chi connectivity index (χ4v) is 3.11. The van der Waals surface area contributed by atoms with Gasteiger partial charge in [0.1, 0.15) is 6.54 Å². The van der Waals surface area contributed by atoms with Crippen molar-refractivity contribution in [2.75, 3.05) is 26.2 Å². The number of amides is 4. The van der Waals surface area contributed by atoms with Gasteiger partial charge in [0.25, 0.3) is 5.91 Å². The van der Waals surface area contributed by atoms with Gasteiger partial charge in [-0.2, -0.15) is 0 Å². The van der Waals surface area contributed by atoms with Crippen molar-refractivity contribution in [1.29, 1.82) is 0 Å². The first kappa shape index (κ1) is 16.4. The highest BCUT2D eigenvalue weighted by Crippen LogP contribution is 2.29. The van der Waals surface area contributed by atoms with E-state index in [1.165, 1.54) is 0 Å². The number of pyridine rings is 1. The number of aliphatic hydroxyl groups excluding tert-OH is 1. The van der Waals surface area contributed by atoms with Gasteiger partial charge in [-0.1, -0.05) is 6.07 Å². The molecule has 8 heteroatoms. The Kier molecular flexibility index (Phi) is 4.75. The summed E-state index contributed by atoms with van der Waals surface area (Å²) in [6, 6.07) is 4.91. The highest BCUT2D eigenvalue weighted by molar-refractivity contribution is 6.04. The van der Waals surface area contributed by atoms with Crippen molar-refractivity contribution in [3.8, 4) is 0 Å². The average Bonchev–Trinajstić information content (AvgIpc) is 2.94. The molecule has 3 rings (SSSR count). The number of hydrogen-bond donors (Lipinski definition) is 2. The van der Waals surface area contributed by atoms with Crippen LogP contribution in [0.4, 0.5) is 4.79 Å². The van der Waals surface area contributed by atoms with Gasteiger partial charge in [0, 0.05) is 19.3 Å². The molecule has 2 fully saturated rings. The van der Waals surface area contributed by atoms with Crippen molar-refractivity contribution < 1.29 is 19.5 Å². The van der Waals surface area contributed by atoms with Crippen LogP contribution in [0.3, 0.4) is 0 Å². The predicted molar refractivity (Wildman–Crippen MR) is 83.6 cm³/mol. The Morgan fingerprint density at radius 2 is 2.08 bits per heavy atom. The molecule has 0 aliphatic carbocycles. The van der Waals surface area contributed by atoms with Crippen LogP contribution in [-0.2, 0) is 9.59 Å². The highest BCUT2D eigenvalue weighted by atomic mass is 16.3. The maximum atomic E-state index is 12.3. The zero-order valence-electron chi connectivity index (χ0n) is 13.2. The second-order valence-corrected chi connectivity index (χ2v) is 6.06. The van der Waals surface area contributed by atoms with Crippen molar-refractivity contribution in [2.45, 2.75) is 18.9 Å². The number of carbonyl (C=O) groups excluding carboxylic acids is 3. The van der Waals surface area contributed by atoms with Crippen LogP contribution in [0.5, 0.6) is 0 Å². The van der Waals surface area contributed by atoms with E-state index in [2.05, 4.69) is 10.3 Å². The maximum absolute atomic E-state index is 12.3. The van der Waals surface area contributed by atoms with Gasteiger partial charge < -0.3 is 15.3 Å². The predicted octanol–water partition coefficient (Wildman–Crippen LogP) is -0.0946. The van der Waals surface area contributed by atoms with Gasteiger partial charge in [-0.3, -0.25) is 19.5 Å². The van der Waals surface area contributed by atoms with Crippen LogP contribution in [-0.4, -0.2) is 63.9 Å². The number of urea groups is 1. The molecular formula is C16H20N4O4. The lowest BCUT2D eigenvalue weighted by Crippen LogP contribution is -2.46. The molecule has 0 unspecified atom stereocenters. The van der Waals surface area contributed by atoms with E-state index in [0.29, 0.717) is 31.6 Å². The van der Waals surface area contributed by atoms with E-state index < -0.39 is 12.1 Å². The van der Waals surface area contributed by atoms with Crippen molar-refractivity contribution in [3.63, 3.8) is 0 Å². The van der Waals surface area contributed by atoms with Gasteiger partial charge in [0.2, 0.25) is 5.91 Å². The van der Waals surface area contributed by atoms with E-state index in [1.54, 1.807) is 23.2 Å². The molecular weight excluding hydrogens is 312 g/mol. The first-order valence-corrected chi connectivity index (χ1v) is 8.01. The molecule has 128 valence electrons. The molecule has 0 radical (unpaired) electrons. The summed E-state index contributed by atoms with van der Waals surface area (Å²) in [5.74, 6) is -0.583. The molecule has 0 saturated carbocycles. The van der Waals surface area contributed by atoms with Gasteiger partial charge in [0.15, 0.2) is 0 Å². The summed E-state index contributed by atoms with van der Waals surface area (Å²) in [5, 5.41) is 12.8. The molecule has 0 spiro atoms. The Morgan fingerprint density at radius 1 is 1.33 bits per heavy atom. The quantitative estimate of drug-likeness (QED) is 0.750. The number of nitrogens with one attached hydrogen (secondary N) is 1. The Bertz CT molecular complexity index is 612. The Balaban J connectivity index is 1.52. The molecule has 1 aromatic heterocycles. The number of aromatic nitrogens is 1. The largest absolute Gasteiger partial charge is 0.387 e.